The second-order valence-electron chi connectivity index (χ2n) is 6.80. The van der Waals surface area contributed by atoms with Crippen LogP contribution in [0.25, 0.3) is 0 Å². The largest absolute Gasteiger partial charge is 0.325 e. The van der Waals surface area contributed by atoms with Crippen LogP contribution in [0.1, 0.15) is 38.5 Å². The fourth-order valence-corrected chi connectivity index (χ4v) is 4.42. The number of alkyl halides is 1. The number of rotatable bonds is 1. The van der Waals surface area contributed by atoms with Crippen LogP contribution in [0, 0.1) is 11.3 Å². The van der Waals surface area contributed by atoms with E-state index in [9.17, 15) is 4.39 Å². The number of fused-ring (bicyclic) bond motifs is 1. The maximum absolute atomic E-state index is 13.4. The number of nitrogens with two attached hydrogens (primary N) is 1. The molecule has 0 aromatic carbocycles. The highest BCUT2D eigenvalue weighted by Gasteiger charge is 2.53. The van der Waals surface area contributed by atoms with Crippen LogP contribution >= 0.6 is 0 Å². The summed E-state index contributed by atoms with van der Waals surface area (Å²) >= 11 is 0. The average Bonchev–Trinajstić information content (AvgIpc) is 2.78. The summed E-state index contributed by atoms with van der Waals surface area (Å²) in [4.78, 5) is 7.03. The van der Waals surface area contributed by atoms with Crippen LogP contribution in [0.2, 0.25) is 0 Å². The molecular weight excluding hydrogens is 229 g/mol. The molecule has 2 N–H and O–H groups in total. The predicted molar refractivity (Wildman–Crippen MR) is 69.3 cm³/mol. The molecule has 18 heavy (non-hydrogen) atoms. The number of likely N-dealkylation sites (tertiary alicyclic amines) is 1. The van der Waals surface area contributed by atoms with E-state index < -0.39 is 6.17 Å². The van der Waals surface area contributed by atoms with Crippen LogP contribution in [-0.4, -0.2) is 42.1 Å². The summed E-state index contributed by atoms with van der Waals surface area (Å²) in [6.45, 7) is 2.25. The molecule has 0 bridgehead atoms. The van der Waals surface area contributed by atoms with Gasteiger partial charge < -0.3 is 5.73 Å². The zero-order chi connectivity index (χ0) is 12.3. The molecule has 2 aliphatic carbocycles. The van der Waals surface area contributed by atoms with Crippen molar-refractivity contribution < 1.29 is 4.39 Å². The SMILES string of the molecule is NC1CC2C(=NC1N1CCC3(CCCC3)C1)C2F. The Morgan fingerprint density at radius 1 is 1.28 bits per heavy atom. The predicted octanol–water partition coefficient (Wildman–Crippen LogP) is 1.72. The number of aliphatic imine (C=N–C) groups is 1. The van der Waals surface area contributed by atoms with Crippen LogP contribution < -0.4 is 5.73 Å². The van der Waals surface area contributed by atoms with Gasteiger partial charge in [-0.2, -0.15) is 0 Å². The lowest BCUT2D eigenvalue weighted by molar-refractivity contribution is 0.176. The van der Waals surface area contributed by atoms with Crippen LogP contribution in [-0.2, 0) is 0 Å². The van der Waals surface area contributed by atoms with Gasteiger partial charge in [-0.25, -0.2) is 4.39 Å². The third kappa shape index (κ3) is 1.58. The van der Waals surface area contributed by atoms with Crippen LogP contribution in [0.4, 0.5) is 4.39 Å². The van der Waals surface area contributed by atoms with E-state index in [1.165, 1.54) is 32.1 Å². The van der Waals surface area contributed by atoms with E-state index in [0.717, 1.165) is 25.2 Å². The highest BCUT2D eigenvalue weighted by Crippen LogP contribution is 2.47. The first-order chi connectivity index (χ1) is 8.69. The number of halogens is 1. The molecule has 4 atom stereocenters. The summed E-state index contributed by atoms with van der Waals surface area (Å²) < 4.78 is 13.4. The first-order valence-corrected chi connectivity index (χ1v) is 7.40. The Labute approximate surface area is 108 Å². The maximum atomic E-state index is 13.4. The topological polar surface area (TPSA) is 41.6 Å². The molecule has 4 unspecified atom stereocenters. The van der Waals surface area contributed by atoms with Crippen molar-refractivity contribution >= 4 is 5.71 Å². The zero-order valence-electron chi connectivity index (χ0n) is 10.8. The minimum atomic E-state index is -0.774. The van der Waals surface area contributed by atoms with Gasteiger partial charge in [-0.15, -0.1) is 0 Å². The van der Waals surface area contributed by atoms with Crippen LogP contribution in [0.15, 0.2) is 4.99 Å². The van der Waals surface area contributed by atoms with Gasteiger partial charge in [0.05, 0.1) is 5.71 Å². The molecule has 100 valence electrons. The summed E-state index contributed by atoms with van der Waals surface area (Å²) in [6.07, 6.45) is 6.90. The molecule has 2 aliphatic heterocycles. The minimum Gasteiger partial charge on any atom is -0.325 e. The Hall–Kier alpha value is -0.480. The van der Waals surface area contributed by atoms with Crippen LogP contribution in [0.3, 0.4) is 0 Å². The number of hydrogen-bond acceptors (Lipinski definition) is 3. The van der Waals surface area contributed by atoms with Gasteiger partial charge in [-0.05, 0) is 31.1 Å². The molecule has 4 rings (SSSR count). The van der Waals surface area contributed by atoms with Crippen molar-refractivity contribution in [2.45, 2.75) is 56.9 Å². The molecule has 0 amide bonds. The standard InChI is InChI=1S/C14H22FN3/c15-11-9-7-10(16)13(17-12(9)11)18-6-5-14(8-18)3-1-2-4-14/h9-11,13H,1-8,16H2. The highest BCUT2D eigenvalue weighted by molar-refractivity contribution is 6.07. The Bertz CT molecular complexity index is 389. The normalized spacial score (nSPS) is 46.2. The minimum absolute atomic E-state index is 0.0380. The lowest BCUT2D eigenvalue weighted by Crippen LogP contribution is -2.48. The van der Waals surface area contributed by atoms with E-state index in [0.29, 0.717) is 5.41 Å². The fourth-order valence-electron chi connectivity index (χ4n) is 4.42. The lowest BCUT2D eigenvalue weighted by Gasteiger charge is -2.32. The summed E-state index contributed by atoms with van der Waals surface area (Å²) in [5.74, 6) is 0.0688. The lowest BCUT2D eigenvalue weighted by atomic mass is 9.85. The van der Waals surface area contributed by atoms with E-state index in [4.69, 9.17) is 5.73 Å². The van der Waals surface area contributed by atoms with Crippen molar-refractivity contribution in [1.82, 2.24) is 4.90 Å². The van der Waals surface area contributed by atoms with Crippen molar-refractivity contribution in [2.24, 2.45) is 22.1 Å². The van der Waals surface area contributed by atoms with Gasteiger partial charge in [0.25, 0.3) is 0 Å². The summed E-state index contributed by atoms with van der Waals surface area (Å²) in [6, 6.07) is 0.0380. The molecule has 0 aromatic heterocycles. The van der Waals surface area contributed by atoms with Gasteiger partial charge in [0, 0.05) is 25.0 Å². The van der Waals surface area contributed by atoms with E-state index in [2.05, 4.69) is 9.89 Å². The quantitative estimate of drug-likeness (QED) is 0.771. The van der Waals surface area contributed by atoms with Gasteiger partial charge >= 0.3 is 0 Å². The van der Waals surface area contributed by atoms with Crippen LogP contribution in [0.5, 0.6) is 0 Å². The van der Waals surface area contributed by atoms with Crippen molar-refractivity contribution in [3.63, 3.8) is 0 Å². The molecule has 0 radical (unpaired) electrons. The Morgan fingerprint density at radius 2 is 2.06 bits per heavy atom. The molecule has 2 heterocycles. The Kier molecular flexibility index (Phi) is 2.37. The van der Waals surface area contributed by atoms with E-state index in [-0.39, 0.29) is 18.1 Å². The molecule has 3 nitrogen and oxygen atoms in total. The highest BCUT2D eigenvalue weighted by atomic mass is 19.1. The Morgan fingerprint density at radius 3 is 2.83 bits per heavy atom. The molecule has 0 aromatic rings. The van der Waals surface area contributed by atoms with E-state index in [1.807, 2.05) is 0 Å². The van der Waals surface area contributed by atoms with Gasteiger partial charge in [-0.1, -0.05) is 12.8 Å². The second-order valence-corrected chi connectivity index (χ2v) is 6.80. The number of nitrogens with zero attached hydrogens (tertiary/aromatic N) is 2. The molecule has 1 saturated heterocycles. The van der Waals surface area contributed by atoms with Gasteiger partial charge in [0.2, 0.25) is 0 Å². The first-order valence-electron chi connectivity index (χ1n) is 7.40. The van der Waals surface area contributed by atoms with Crippen molar-refractivity contribution in [1.29, 1.82) is 0 Å². The molecule has 4 heteroatoms. The molecule has 2 saturated carbocycles. The summed E-state index contributed by atoms with van der Waals surface area (Å²) in [5, 5.41) is 0. The fraction of sp³-hybridized carbons (Fsp3) is 0.929. The average molecular weight is 251 g/mol. The van der Waals surface area contributed by atoms with E-state index >= 15 is 0 Å². The molecule has 3 fully saturated rings. The Balaban J connectivity index is 1.51. The molecular formula is C14H22FN3. The maximum Gasteiger partial charge on any atom is 0.146 e. The molecule has 4 aliphatic rings. The summed E-state index contributed by atoms with van der Waals surface area (Å²) in [5.41, 5.74) is 7.56. The second kappa shape index (κ2) is 3.76. The number of hydrogen-bond donors (Lipinski definition) is 1. The van der Waals surface area contributed by atoms with Crippen molar-refractivity contribution in [3.8, 4) is 0 Å². The first kappa shape index (κ1) is 11.4. The van der Waals surface area contributed by atoms with Crippen molar-refractivity contribution in [2.75, 3.05) is 13.1 Å². The monoisotopic (exact) mass is 251 g/mol. The molecule has 1 spiro atoms. The smallest absolute Gasteiger partial charge is 0.146 e. The third-order valence-electron chi connectivity index (χ3n) is 5.60. The summed E-state index contributed by atoms with van der Waals surface area (Å²) in [7, 11) is 0. The van der Waals surface area contributed by atoms with Crippen molar-refractivity contribution in [3.05, 3.63) is 0 Å². The van der Waals surface area contributed by atoms with Gasteiger partial charge in [0.15, 0.2) is 0 Å². The van der Waals surface area contributed by atoms with Gasteiger partial charge in [0.1, 0.15) is 12.3 Å². The third-order valence-corrected chi connectivity index (χ3v) is 5.60. The van der Waals surface area contributed by atoms with E-state index in [1.54, 1.807) is 0 Å². The van der Waals surface area contributed by atoms with Gasteiger partial charge in [-0.3, -0.25) is 9.89 Å². The zero-order valence-corrected chi connectivity index (χ0v) is 10.8.